The van der Waals surface area contributed by atoms with Crippen molar-refractivity contribution in [1.29, 1.82) is 0 Å². The first kappa shape index (κ1) is 15.5. The molecule has 25 heavy (non-hydrogen) atoms. The molecule has 0 spiro atoms. The SMILES string of the molecule is O=[N+]([O-])c1cccc(-c2ccnc3c(-c4ccc(Br)cc4)cnn23)c1. The number of benzene rings is 2. The van der Waals surface area contributed by atoms with E-state index < -0.39 is 4.92 Å². The van der Waals surface area contributed by atoms with Crippen LogP contribution in [-0.4, -0.2) is 19.5 Å². The highest BCUT2D eigenvalue weighted by atomic mass is 79.9. The molecule has 0 aliphatic carbocycles. The zero-order chi connectivity index (χ0) is 17.4. The van der Waals surface area contributed by atoms with Gasteiger partial charge in [0.25, 0.3) is 5.69 Å². The molecule has 0 saturated carbocycles. The molecule has 7 heteroatoms. The maximum absolute atomic E-state index is 11.0. The molecule has 0 fully saturated rings. The van der Waals surface area contributed by atoms with Crippen molar-refractivity contribution in [1.82, 2.24) is 14.6 Å². The van der Waals surface area contributed by atoms with Crippen LogP contribution in [0.1, 0.15) is 0 Å². The number of hydrogen-bond acceptors (Lipinski definition) is 4. The van der Waals surface area contributed by atoms with Crippen molar-refractivity contribution in [2.75, 3.05) is 0 Å². The van der Waals surface area contributed by atoms with Gasteiger partial charge in [-0.05, 0) is 23.8 Å². The summed E-state index contributed by atoms with van der Waals surface area (Å²) in [7, 11) is 0. The molecular formula is C18H11BrN4O2. The second kappa shape index (κ2) is 6.10. The first-order valence-corrected chi connectivity index (χ1v) is 8.26. The third kappa shape index (κ3) is 2.78. The number of nitro benzene ring substituents is 1. The zero-order valence-electron chi connectivity index (χ0n) is 12.8. The monoisotopic (exact) mass is 394 g/mol. The predicted molar refractivity (Wildman–Crippen MR) is 98.2 cm³/mol. The Morgan fingerprint density at radius 3 is 2.60 bits per heavy atom. The van der Waals surface area contributed by atoms with E-state index in [0.29, 0.717) is 11.2 Å². The molecule has 0 unspecified atom stereocenters. The third-order valence-corrected chi connectivity index (χ3v) is 4.44. The number of aromatic nitrogens is 3. The fourth-order valence-electron chi connectivity index (χ4n) is 2.72. The van der Waals surface area contributed by atoms with Crippen molar-refractivity contribution in [3.05, 3.63) is 81.6 Å². The fraction of sp³-hybridized carbons (Fsp3) is 0. The van der Waals surface area contributed by atoms with Crippen LogP contribution < -0.4 is 0 Å². The summed E-state index contributed by atoms with van der Waals surface area (Å²) in [5, 5.41) is 15.5. The van der Waals surface area contributed by atoms with Crippen LogP contribution in [0.4, 0.5) is 5.69 Å². The Balaban J connectivity index is 1.89. The normalized spacial score (nSPS) is 10.9. The van der Waals surface area contributed by atoms with Crippen LogP contribution in [0.15, 0.2) is 71.5 Å². The first-order valence-electron chi connectivity index (χ1n) is 7.47. The molecule has 0 aliphatic heterocycles. The van der Waals surface area contributed by atoms with E-state index in [1.165, 1.54) is 12.1 Å². The van der Waals surface area contributed by atoms with Crippen molar-refractivity contribution in [2.24, 2.45) is 0 Å². The molecule has 2 heterocycles. The number of halogens is 1. The van der Waals surface area contributed by atoms with Crippen LogP contribution in [0.5, 0.6) is 0 Å². The van der Waals surface area contributed by atoms with Gasteiger partial charge in [-0.25, -0.2) is 9.50 Å². The lowest BCUT2D eigenvalue weighted by atomic mass is 10.1. The van der Waals surface area contributed by atoms with Crippen LogP contribution in [0.2, 0.25) is 0 Å². The van der Waals surface area contributed by atoms with Crippen LogP contribution in [0.25, 0.3) is 28.0 Å². The maximum atomic E-state index is 11.0. The minimum atomic E-state index is -0.405. The lowest BCUT2D eigenvalue weighted by Crippen LogP contribution is -1.96. The van der Waals surface area contributed by atoms with Crippen molar-refractivity contribution < 1.29 is 4.92 Å². The number of fused-ring (bicyclic) bond motifs is 1. The molecule has 0 aliphatic rings. The van der Waals surface area contributed by atoms with Gasteiger partial charge < -0.3 is 0 Å². The van der Waals surface area contributed by atoms with Crippen LogP contribution >= 0.6 is 15.9 Å². The molecule has 2 aromatic heterocycles. The average Bonchev–Trinajstić information content (AvgIpc) is 3.06. The minimum absolute atomic E-state index is 0.0442. The standard InChI is InChI=1S/C18H11BrN4O2/c19-14-6-4-12(5-7-14)16-11-21-22-17(8-9-20-18(16)22)13-2-1-3-15(10-13)23(24)25/h1-11H. The molecular weight excluding hydrogens is 384 g/mol. The summed E-state index contributed by atoms with van der Waals surface area (Å²) < 4.78 is 2.70. The van der Waals surface area contributed by atoms with E-state index in [0.717, 1.165) is 21.3 Å². The van der Waals surface area contributed by atoms with Gasteiger partial charge in [0.15, 0.2) is 5.65 Å². The van der Waals surface area contributed by atoms with E-state index in [1.807, 2.05) is 30.3 Å². The van der Waals surface area contributed by atoms with E-state index in [2.05, 4.69) is 26.0 Å². The summed E-state index contributed by atoms with van der Waals surface area (Å²) in [6.07, 6.45) is 3.44. The molecule has 4 aromatic rings. The van der Waals surface area contributed by atoms with E-state index >= 15 is 0 Å². The van der Waals surface area contributed by atoms with Gasteiger partial charge in [0.1, 0.15) is 0 Å². The Bertz CT molecular complexity index is 1090. The molecule has 122 valence electrons. The Morgan fingerprint density at radius 1 is 1.04 bits per heavy atom. The molecule has 0 N–H and O–H groups in total. The summed E-state index contributed by atoms with van der Waals surface area (Å²) in [6, 6.07) is 16.2. The molecule has 6 nitrogen and oxygen atoms in total. The predicted octanol–water partition coefficient (Wildman–Crippen LogP) is 4.73. The highest BCUT2D eigenvalue weighted by Crippen LogP contribution is 2.29. The van der Waals surface area contributed by atoms with Crippen molar-refractivity contribution in [3.8, 4) is 22.4 Å². The summed E-state index contributed by atoms with van der Waals surface area (Å²) in [5.41, 5.74) is 4.11. The smallest absolute Gasteiger partial charge is 0.258 e. The molecule has 0 amide bonds. The van der Waals surface area contributed by atoms with Crippen molar-refractivity contribution >= 4 is 27.3 Å². The van der Waals surface area contributed by atoms with E-state index in [-0.39, 0.29) is 5.69 Å². The molecule has 0 atom stereocenters. The lowest BCUT2D eigenvalue weighted by molar-refractivity contribution is -0.384. The lowest BCUT2D eigenvalue weighted by Gasteiger charge is -2.05. The van der Waals surface area contributed by atoms with E-state index in [1.54, 1.807) is 29.0 Å². The number of nitro groups is 1. The van der Waals surface area contributed by atoms with E-state index in [9.17, 15) is 10.1 Å². The molecule has 0 saturated heterocycles. The van der Waals surface area contributed by atoms with Crippen LogP contribution in [0, 0.1) is 10.1 Å². The number of rotatable bonds is 3. The minimum Gasteiger partial charge on any atom is -0.258 e. The van der Waals surface area contributed by atoms with Gasteiger partial charge in [0.05, 0.1) is 16.8 Å². The van der Waals surface area contributed by atoms with Gasteiger partial charge in [0, 0.05) is 33.9 Å². The number of nitrogens with zero attached hydrogens (tertiary/aromatic N) is 4. The van der Waals surface area contributed by atoms with Gasteiger partial charge in [-0.15, -0.1) is 0 Å². The molecule has 0 radical (unpaired) electrons. The van der Waals surface area contributed by atoms with E-state index in [4.69, 9.17) is 0 Å². The second-order valence-corrected chi connectivity index (χ2v) is 6.35. The molecule has 4 rings (SSSR count). The van der Waals surface area contributed by atoms with Gasteiger partial charge in [0.2, 0.25) is 0 Å². The second-order valence-electron chi connectivity index (χ2n) is 5.44. The summed E-state index contributed by atoms with van der Waals surface area (Å²) in [6.45, 7) is 0. The third-order valence-electron chi connectivity index (χ3n) is 3.91. The van der Waals surface area contributed by atoms with Gasteiger partial charge in [-0.2, -0.15) is 5.10 Å². The largest absolute Gasteiger partial charge is 0.270 e. The van der Waals surface area contributed by atoms with Crippen LogP contribution in [0.3, 0.4) is 0 Å². The Kier molecular flexibility index (Phi) is 3.77. The Hall–Kier alpha value is -3.06. The summed E-state index contributed by atoms with van der Waals surface area (Å²) >= 11 is 3.43. The zero-order valence-corrected chi connectivity index (χ0v) is 14.4. The summed E-state index contributed by atoms with van der Waals surface area (Å²) in [4.78, 5) is 15.1. The highest BCUT2D eigenvalue weighted by Gasteiger charge is 2.13. The quantitative estimate of drug-likeness (QED) is 0.371. The Labute approximate surface area is 151 Å². The molecule has 2 aromatic carbocycles. The number of non-ortho nitro benzene ring substituents is 1. The summed E-state index contributed by atoms with van der Waals surface area (Å²) in [5.74, 6) is 0. The van der Waals surface area contributed by atoms with Crippen LogP contribution in [-0.2, 0) is 0 Å². The van der Waals surface area contributed by atoms with Crippen molar-refractivity contribution in [2.45, 2.75) is 0 Å². The average molecular weight is 395 g/mol. The topological polar surface area (TPSA) is 73.3 Å². The Morgan fingerprint density at radius 2 is 1.84 bits per heavy atom. The maximum Gasteiger partial charge on any atom is 0.270 e. The first-order chi connectivity index (χ1) is 12.1. The molecule has 0 bridgehead atoms. The van der Waals surface area contributed by atoms with Gasteiger partial charge in [-0.3, -0.25) is 10.1 Å². The highest BCUT2D eigenvalue weighted by molar-refractivity contribution is 9.10. The van der Waals surface area contributed by atoms with Gasteiger partial charge in [-0.1, -0.05) is 40.2 Å². The number of hydrogen-bond donors (Lipinski definition) is 0. The van der Waals surface area contributed by atoms with Crippen molar-refractivity contribution in [3.63, 3.8) is 0 Å². The van der Waals surface area contributed by atoms with Gasteiger partial charge >= 0.3 is 0 Å². The fourth-order valence-corrected chi connectivity index (χ4v) is 2.99.